The predicted octanol–water partition coefficient (Wildman–Crippen LogP) is 21.0. The number of aromatic nitrogens is 1. The molecule has 76 heavy (non-hydrogen) atoms. The van der Waals surface area contributed by atoms with Gasteiger partial charge in [0.15, 0.2) is 0 Å². The molecule has 2 heteroatoms. The van der Waals surface area contributed by atoms with Crippen LogP contribution in [0, 0.1) is 0 Å². The summed E-state index contributed by atoms with van der Waals surface area (Å²) in [6, 6.07) is 87.2. The highest BCUT2D eigenvalue weighted by molar-refractivity contribution is 6.09. The molecule has 0 N–H and O–H groups in total. The van der Waals surface area contributed by atoms with Gasteiger partial charge in [0, 0.05) is 44.4 Å². The van der Waals surface area contributed by atoms with E-state index in [1.54, 1.807) is 0 Å². The SMILES string of the molecule is CCCCC1(CCCC)c2cc(N(c3ccc(-c4ccc(-c5ccccc5)cc4)cc3)c3ccc(-c4ccc5c(c4)C(CC)(CC)c4ccccc4-5)cc3)ccc2-c2ccc(-n3c4ccccc4c4ccccc43)cc21. The van der Waals surface area contributed by atoms with Crippen LogP contribution in [0.3, 0.4) is 0 Å². The molecule has 0 bridgehead atoms. The van der Waals surface area contributed by atoms with Gasteiger partial charge in [0.1, 0.15) is 0 Å². The first-order valence-corrected chi connectivity index (χ1v) is 28.2. The van der Waals surface area contributed by atoms with Crippen LogP contribution < -0.4 is 4.90 Å². The van der Waals surface area contributed by atoms with Gasteiger partial charge in [0.05, 0.1) is 11.0 Å². The number of rotatable bonds is 15. The highest BCUT2D eigenvalue weighted by Crippen LogP contribution is 2.57. The van der Waals surface area contributed by atoms with E-state index < -0.39 is 0 Å². The molecule has 2 aliphatic carbocycles. The van der Waals surface area contributed by atoms with Gasteiger partial charge in [-0.1, -0.05) is 217 Å². The Bertz CT molecular complexity index is 3850. The summed E-state index contributed by atoms with van der Waals surface area (Å²) in [5, 5.41) is 2.59. The second-order valence-electron chi connectivity index (χ2n) is 21.6. The maximum atomic E-state index is 2.58. The Morgan fingerprint density at radius 2 is 0.750 bits per heavy atom. The molecule has 372 valence electrons. The van der Waals surface area contributed by atoms with Gasteiger partial charge < -0.3 is 9.47 Å². The van der Waals surface area contributed by atoms with Gasteiger partial charge in [0.2, 0.25) is 0 Å². The average molecular weight is 983 g/mol. The van der Waals surface area contributed by atoms with Crippen molar-refractivity contribution in [3.05, 3.63) is 253 Å². The smallest absolute Gasteiger partial charge is 0.0541 e. The fourth-order valence-corrected chi connectivity index (χ4v) is 13.8. The minimum Gasteiger partial charge on any atom is -0.310 e. The lowest BCUT2D eigenvalue weighted by molar-refractivity contribution is 0.414. The van der Waals surface area contributed by atoms with Crippen molar-refractivity contribution in [1.29, 1.82) is 0 Å². The topological polar surface area (TPSA) is 8.17 Å². The number of hydrogen-bond acceptors (Lipinski definition) is 1. The van der Waals surface area contributed by atoms with Crippen molar-refractivity contribution < 1.29 is 0 Å². The Kier molecular flexibility index (Phi) is 12.2. The lowest BCUT2D eigenvalue weighted by Crippen LogP contribution is -2.26. The zero-order chi connectivity index (χ0) is 51.4. The Hall–Kier alpha value is -8.20. The second-order valence-corrected chi connectivity index (χ2v) is 21.6. The van der Waals surface area contributed by atoms with Crippen molar-refractivity contribution >= 4 is 38.9 Å². The van der Waals surface area contributed by atoms with Crippen molar-refractivity contribution in [3.63, 3.8) is 0 Å². The number of para-hydroxylation sites is 2. The van der Waals surface area contributed by atoms with Crippen LogP contribution >= 0.6 is 0 Å². The van der Waals surface area contributed by atoms with Crippen LogP contribution in [0.25, 0.3) is 83.1 Å². The van der Waals surface area contributed by atoms with Crippen molar-refractivity contribution in [2.75, 3.05) is 4.90 Å². The first-order valence-electron chi connectivity index (χ1n) is 28.2. The molecule has 0 spiro atoms. The molecule has 0 atom stereocenters. The van der Waals surface area contributed by atoms with Gasteiger partial charge in [-0.15, -0.1) is 0 Å². The zero-order valence-corrected chi connectivity index (χ0v) is 44.5. The lowest BCUT2D eigenvalue weighted by atomic mass is 9.70. The van der Waals surface area contributed by atoms with Crippen LogP contribution in [0.1, 0.15) is 101 Å². The van der Waals surface area contributed by atoms with Crippen LogP contribution in [0.15, 0.2) is 231 Å². The van der Waals surface area contributed by atoms with E-state index in [9.17, 15) is 0 Å². The maximum absolute atomic E-state index is 2.58. The summed E-state index contributed by atoms with van der Waals surface area (Å²) in [6.07, 6.45) is 9.01. The van der Waals surface area contributed by atoms with Gasteiger partial charge in [-0.05, 0) is 170 Å². The van der Waals surface area contributed by atoms with Crippen molar-refractivity contribution in [2.24, 2.45) is 0 Å². The van der Waals surface area contributed by atoms with E-state index in [0.717, 1.165) is 62.7 Å². The molecule has 0 saturated heterocycles. The van der Waals surface area contributed by atoms with E-state index >= 15 is 0 Å². The molecular weight excluding hydrogens is 917 g/mol. The molecule has 2 nitrogen and oxygen atoms in total. The fourth-order valence-electron chi connectivity index (χ4n) is 13.8. The van der Waals surface area contributed by atoms with E-state index in [4.69, 9.17) is 0 Å². The van der Waals surface area contributed by atoms with Crippen LogP contribution in [0.4, 0.5) is 17.1 Å². The van der Waals surface area contributed by atoms with E-state index in [2.05, 4.69) is 268 Å². The number of fused-ring (bicyclic) bond motifs is 9. The third-order valence-electron chi connectivity index (χ3n) is 17.7. The van der Waals surface area contributed by atoms with Crippen LogP contribution in [-0.2, 0) is 10.8 Å². The molecule has 13 rings (SSSR count). The van der Waals surface area contributed by atoms with Gasteiger partial charge in [-0.2, -0.15) is 0 Å². The van der Waals surface area contributed by atoms with Gasteiger partial charge in [0.25, 0.3) is 0 Å². The van der Waals surface area contributed by atoms with Gasteiger partial charge in [-0.3, -0.25) is 0 Å². The van der Waals surface area contributed by atoms with Crippen LogP contribution in [-0.4, -0.2) is 4.57 Å². The highest BCUT2D eigenvalue weighted by atomic mass is 15.1. The van der Waals surface area contributed by atoms with E-state index in [0.29, 0.717) is 0 Å². The monoisotopic (exact) mass is 983 g/mol. The summed E-state index contributed by atoms with van der Waals surface area (Å²) in [4.78, 5) is 2.50. The van der Waals surface area contributed by atoms with Gasteiger partial charge >= 0.3 is 0 Å². The minimum atomic E-state index is -0.133. The predicted molar refractivity (Wildman–Crippen MR) is 324 cm³/mol. The van der Waals surface area contributed by atoms with Gasteiger partial charge in [-0.25, -0.2) is 0 Å². The third-order valence-corrected chi connectivity index (χ3v) is 17.7. The molecular formula is C74H66N2. The van der Waals surface area contributed by atoms with Crippen LogP contribution in [0.5, 0.6) is 0 Å². The van der Waals surface area contributed by atoms with E-state index in [-0.39, 0.29) is 10.8 Å². The Morgan fingerprint density at radius 3 is 1.33 bits per heavy atom. The average Bonchev–Trinajstić information content (AvgIpc) is 4.09. The summed E-state index contributed by atoms with van der Waals surface area (Å²) < 4.78 is 2.50. The Morgan fingerprint density at radius 1 is 0.329 bits per heavy atom. The standard InChI is InChI=1S/C74H66N2/c1-5-9-46-74(47-10-6-2)69-49-59(41-44-63(69)64-45-42-60(50-70(64)74)76-71-26-18-15-23-65(71)66-24-16-19-27-72(66)76)75(57-37-32-54(33-38-57)53-30-28-52(29-31-53)51-20-12-11-13-21-51)58-39-34-55(35-40-58)56-36-43-62-61-22-14-17-25-67(61)73(7-3,8-4)68(62)48-56/h11-45,48-50H,5-10,46-47H2,1-4H3. The highest BCUT2D eigenvalue weighted by Gasteiger charge is 2.43. The number of nitrogens with zero attached hydrogens (tertiary/aromatic N) is 2. The van der Waals surface area contributed by atoms with E-state index in [1.807, 2.05) is 0 Å². The number of hydrogen-bond donors (Lipinski definition) is 0. The van der Waals surface area contributed by atoms with Crippen molar-refractivity contribution in [1.82, 2.24) is 4.57 Å². The minimum absolute atomic E-state index is 0.0259. The number of benzene rings is 10. The lowest BCUT2D eigenvalue weighted by Gasteiger charge is -2.34. The third kappa shape index (κ3) is 7.67. The van der Waals surface area contributed by atoms with Crippen molar-refractivity contribution in [3.8, 4) is 61.3 Å². The molecule has 11 aromatic rings. The molecule has 10 aromatic carbocycles. The second kappa shape index (κ2) is 19.5. The summed E-state index contributed by atoms with van der Waals surface area (Å²) in [5.41, 5.74) is 25.9. The largest absolute Gasteiger partial charge is 0.310 e. The normalized spacial score (nSPS) is 13.6. The molecule has 2 aliphatic rings. The van der Waals surface area contributed by atoms with Crippen LogP contribution in [0.2, 0.25) is 0 Å². The van der Waals surface area contributed by atoms with E-state index in [1.165, 1.54) is 111 Å². The summed E-state index contributed by atoms with van der Waals surface area (Å²) in [7, 11) is 0. The zero-order valence-electron chi connectivity index (χ0n) is 44.5. The molecule has 1 heterocycles. The quantitative estimate of drug-likeness (QED) is 0.0994. The molecule has 0 fully saturated rings. The molecule has 0 aliphatic heterocycles. The molecule has 0 amide bonds. The van der Waals surface area contributed by atoms with Crippen molar-refractivity contribution in [2.45, 2.75) is 89.9 Å². The number of anilines is 3. The Balaban J connectivity index is 0.931. The molecule has 0 unspecified atom stereocenters. The maximum Gasteiger partial charge on any atom is 0.0541 e. The first-order chi connectivity index (χ1) is 37.5. The number of unbranched alkanes of at least 4 members (excludes halogenated alkanes) is 2. The first kappa shape index (κ1) is 47.5. The Labute approximate surface area is 450 Å². The summed E-state index contributed by atoms with van der Waals surface area (Å²) in [5.74, 6) is 0. The summed E-state index contributed by atoms with van der Waals surface area (Å²) >= 11 is 0. The fraction of sp³-hybridized carbons (Fsp3) is 0.189. The molecule has 0 radical (unpaired) electrons. The summed E-state index contributed by atoms with van der Waals surface area (Å²) in [6.45, 7) is 9.43. The molecule has 0 saturated carbocycles. The molecule has 1 aromatic heterocycles.